The third-order valence-electron chi connectivity index (χ3n) is 6.51. The minimum Gasteiger partial charge on any atom is -0.490 e. The lowest BCUT2D eigenvalue weighted by Crippen LogP contribution is -2.39. The van der Waals surface area contributed by atoms with Crippen LogP contribution in [0.15, 0.2) is 93.9 Å². The van der Waals surface area contributed by atoms with E-state index in [1.165, 1.54) is 11.3 Å². The lowest BCUT2D eigenvalue weighted by atomic mass is 9.96. The van der Waals surface area contributed by atoms with Gasteiger partial charge in [0.15, 0.2) is 16.3 Å². The molecule has 0 unspecified atom stereocenters. The van der Waals surface area contributed by atoms with Crippen molar-refractivity contribution in [1.82, 2.24) is 4.57 Å². The van der Waals surface area contributed by atoms with Crippen LogP contribution < -0.4 is 24.4 Å². The molecule has 0 radical (unpaired) electrons. The number of nitrogens with zero attached hydrogens (tertiary/aromatic N) is 2. The molecule has 0 saturated carbocycles. The van der Waals surface area contributed by atoms with Crippen molar-refractivity contribution in [1.29, 1.82) is 0 Å². The highest BCUT2D eigenvalue weighted by Crippen LogP contribution is 2.32. The number of fused-ring (bicyclic) bond motifs is 1. The van der Waals surface area contributed by atoms with E-state index in [1.807, 2.05) is 67.6 Å². The van der Waals surface area contributed by atoms with Crippen LogP contribution >= 0.6 is 22.9 Å². The molecule has 4 aromatic rings. The molecule has 1 aromatic heterocycles. The van der Waals surface area contributed by atoms with Gasteiger partial charge in [0, 0.05) is 5.02 Å². The normalized spacial score (nSPS) is 14.8. The standard InChI is InChI=1S/C32H29ClN2O5S/c1-4-38-26-17-22(11-16-25(26)40-19-21-9-7-6-8-10-21)18-27-30(36)35-29(23-12-14-24(33)15-13-23)28(31(37)39-5-2)20(3)34-32(35)41-27/h6-18,29H,4-5,19H2,1-3H3/t29-/m1/s1. The average molecular weight is 589 g/mol. The summed E-state index contributed by atoms with van der Waals surface area (Å²) in [6, 6.07) is 21.9. The van der Waals surface area contributed by atoms with Gasteiger partial charge in [-0.3, -0.25) is 9.36 Å². The zero-order valence-corrected chi connectivity index (χ0v) is 24.5. The van der Waals surface area contributed by atoms with Gasteiger partial charge in [0.05, 0.1) is 35.1 Å². The predicted molar refractivity (Wildman–Crippen MR) is 160 cm³/mol. The molecule has 0 saturated heterocycles. The molecule has 0 spiro atoms. The maximum absolute atomic E-state index is 13.9. The molecular weight excluding hydrogens is 560 g/mol. The lowest BCUT2D eigenvalue weighted by molar-refractivity contribution is -0.139. The van der Waals surface area contributed by atoms with Crippen molar-refractivity contribution in [3.63, 3.8) is 0 Å². The number of carbonyl (C=O) groups is 1. The number of hydrogen-bond donors (Lipinski definition) is 0. The minimum absolute atomic E-state index is 0.209. The first-order chi connectivity index (χ1) is 19.9. The summed E-state index contributed by atoms with van der Waals surface area (Å²) < 4.78 is 19.3. The Morgan fingerprint density at radius 1 is 1.00 bits per heavy atom. The van der Waals surface area contributed by atoms with Crippen molar-refractivity contribution in [2.24, 2.45) is 4.99 Å². The highest BCUT2D eigenvalue weighted by molar-refractivity contribution is 7.07. The molecule has 3 aromatic carbocycles. The smallest absolute Gasteiger partial charge is 0.338 e. The van der Waals surface area contributed by atoms with Crippen LogP contribution in [-0.4, -0.2) is 23.8 Å². The molecular formula is C32H29ClN2O5S. The molecule has 9 heteroatoms. The van der Waals surface area contributed by atoms with E-state index in [2.05, 4.69) is 4.99 Å². The monoisotopic (exact) mass is 588 g/mol. The zero-order chi connectivity index (χ0) is 28.9. The van der Waals surface area contributed by atoms with Gasteiger partial charge in [0.25, 0.3) is 5.56 Å². The van der Waals surface area contributed by atoms with E-state index in [-0.39, 0.29) is 12.2 Å². The van der Waals surface area contributed by atoms with Gasteiger partial charge in [-0.2, -0.15) is 0 Å². The second kappa shape index (κ2) is 12.6. The largest absolute Gasteiger partial charge is 0.490 e. The van der Waals surface area contributed by atoms with Crippen LogP contribution in [0, 0.1) is 0 Å². The summed E-state index contributed by atoms with van der Waals surface area (Å²) in [6.07, 6.45) is 1.80. The van der Waals surface area contributed by atoms with Crippen molar-refractivity contribution in [3.05, 3.63) is 125 Å². The molecule has 0 amide bonds. The second-order valence-electron chi connectivity index (χ2n) is 9.27. The summed E-state index contributed by atoms with van der Waals surface area (Å²) in [5.41, 5.74) is 3.13. The Labute approximate surface area is 246 Å². The third-order valence-corrected chi connectivity index (χ3v) is 7.74. The molecule has 2 heterocycles. The van der Waals surface area contributed by atoms with Gasteiger partial charge in [-0.05, 0) is 67.8 Å². The van der Waals surface area contributed by atoms with Crippen LogP contribution in [0.5, 0.6) is 11.5 Å². The first-order valence-electron chi connectivity index (χ1n) is 13.3. The maximum Gasteiger partial charge on any atom is 0.338 e. The molecule has 1 aliphatic heterocycles. The molecule has 1 atom stereocenters. The van der Waals surface area contributed by atoms with E-state index >= 15 is 0 Å². The Hall–Kier alpha value is -4.14. The first-order valence-corrected chi connectivity index (χ1v) is 14.5. The number of rotatable bonds is 9. The first kappa shape index (κ1) is 28.4. The molecule has 0 N–H and O–H groups in total. The Morgan fingerprint density at radius 3 is 2.46 bits per heavy atom. The van der Waals surface area contributed by atoms with Crippen LogP contribution in [-0.2, 0) is 16.1 Å². The van der Waals surface area contributed by atoms with Crippen molar-refractivity contribution in [2.45, 2.75) is 33.4 Å². The zero-order valence-electron chi connectivity index (χ0n) is 22.9. The maximum atomic E-state index is 13.9. The number of hydrogen-bond acceptors (Lipinski definition) is 7. The number of thiazole rings is 1. The summed E-state index contributed by atoms with van der Waals surface area (Å²) >= 11 is 7.40. The summed E-state index contributed by atoms with van der Waals surface area (Å²) in [5, 5.41) is 0.556. The Kier molecular flexibility index (Phi) is 8.71. The molecule has 0 aliphatic carbocycles. The van der Waals surface area contributed by atoms with Crippen molar-refractivity contribution in [2.75, 3.05) is 13.2 Å². The van der Waals surface area contributed by atoms with Gasteiger partial charge in [0.2, 0.25) is 0 Å². The van der Waals surface area contributed by atoms with Gasteiger partial charge in [-0.25, -0.2) is 9.79 Å². The van der Waals surface area contributed by atoms with E-state index in [4.69, 9.17) is 25.8 Å². The molecule has 41 heavy (non-hydrogen) atoms. The topological polar surface area (TPSA) is 79.1 Å². The fraction of sp³-hybridized carbons (Fsp3) is 0.219. The summed E-state index contributed by atoms with van der Waals surface area (Å²) in [6.45, 7) is 6.49. The highest BCUT2D eigenvalue weighted by atomic mass is 35.5. The average Bonchev–Trinajstić information content (AvgIpc) is 3.27. The van der Waals surface area contributed by atoms with Gasteiger partial charge >= 0.3 is 5.97 Å². The predicted octanol–water partition coefficient (Wildman–Crippen LogP) is 5.43. The number of halogens is 1. The van der Waals surface area contributed by atoms with Gasteiger partial charge in [-0.1, -0.05) is 71.5 Å². The third kappa shape index (κ3) is 6.14. The van der Waals surface area contributed by atoms with Crippen molar-refractivity contribution < 1.29 is 19.0 Å². The quantitative estimate of drug-likeness (QED) is 0.244. The SMILES string of the molecule is CCOC(=O)C1=C(C)N=c2sc(=Cc3ccc(OCc4ccccc4)c(OCC)c3)c(=O)n2[C@@H]1c1ccc(Cl)cc1. The number of esters is 1. The molecule has 0 bridgehead atoms. The van der Waals surface area contributed by atoms with E-state index in [0.29, 0.717) is 50.3 Å². The summed E-state index contributed by atoms with van der Waals surface area (Å²) in [4.78, 5) is 32.0. The second-order valence-corrected chi connectivity index (χ2v) is 10.7. The minimum atomic E-state index is -0.697. The van der Waals surface area contributed by atoms with E-state index < -0.39 is 12.0 Å². The van der Waals surface area contributed by atoms with E-state index in [1.54, 1.807) is 36.6 Å². The molecule has 5 rings (SSSR count). The summed E-state index contributed by atoms with van der Waals surface area (Å²) in [7, 11) is 0. The summed E-state index contributed by atoms with van der Waals surface area (Å²) in [5.74, 6) is 0.701. The number of carbonyl (C=O) groups excluding carboxylic acids is 1. The van der Waals surface area contributed by atoms with Gasteiger partial charge in [-0.15, -0.1) is 0 Å². The Bertz CT molecular complexity index is 1780. The van der Waals surface area contributed by atoms with Crippen LogP contribution in [0.2, 0.25) is 5.02 Å². The molecule has 1 aliphatic rings. The fourth-order valence-corrected chi connectivity index (χ4v) is 5.81. The van der Waals surface area contributed by atoms with Crippen molar-refractivity contribution >= 4 is 35.0 Å². The van der Waals surface area contributed by atoms with Crippen LogP contribution in [0.3, 0.4) is 0 Å². The molecule has 210 valence electrons. The van der Waals surface area contributed by atoms with Gasteiger partial charge in [0.1, 0.15) is 6.61 Å². The number of benzene rings is 3. The lowest BCUT2D eigenvalue weighted by Gasteiger charge is -2.24. The Morgan fingerprint density at radius 2 is 1.76 bits per heavy atom. The number of allylic oxidation sites excluding steroid dienone is 1. The van der Waals surface area contributed by atoms with Crippen LogP contribution in [0.4, 0.5) is 0 Å². The van der Waals surface area contributed by atoms with Crippen molar-refractivity contribution in [3.8, 4) is 11.5 Å². The molecule has 0 fully saturated rings. The van der Waals surface area contributed by atoms with E-state index in [0.717, 1.165) is 16.7 Å². The molecule has 7 nitrogen and oxygen atoms in total. The highest BCUT2D eigenvalue weighted by Gasteiger charge is 2.33. The number of ether oxygens (including phenoxy) is 3. The van der Waals surface area contributed by atoms with Crippen LogP contribution in [0.1, 0.15) is 43.5 Å². The van der Waals surface area contributed by atoms with Crippen LogP contribution in [0.25, 0.3) is 6.08 Å². The van der Waals surface area contributed by atoms with E-state index in [9.17, 15) is 9.59 Å². The van der Waals surface area contributed by atoms with Gasteiger partial charge < -0.3 is 14.2 Å². The fourth-order valence-electron chi connectivity index (χ4n) is 4.64. The number of aromatic nitrogens is 1. The Balaban J connectivity index is 1.56.